The molecule has 1 aliphatic heterocycles. The predicted molar refractivity (Wildman–Crippen MR) is 156 cm³/mol. The first-order valence-electron chi connectivity index (χ1n) is 14.6. The third-order valence-corrected chi connectivity index (χ3v) is 10.4. The Labute approximate surface area is 261 Å². The van der Waals surface area contributed by atoms with E-state index in [1.54, 1.807) is 6.92 Å². The van der Waals surface area contributed by atoms with Crippen LogP contribution in [-0.4, -0.2) is 88.6 Å². The van der Waals surface area contributed by atoms with Crippen LogP contribution in [0.1, 0.15) is 84.1 Å². The van der Waals surface area contributed by atoms with Crippen molar-refractivity contribution in [1.82, 2.24) is 4.90 Å². The molecule has 0 aromatic heterocycles. The summed E-state index contributed by atoms with van der Waals surface area (Å²) in [4.78, 5) is 39.2. The molecule has 1 saturated carbocycles. The van der Waals surface area contributed by atoms with Crippen molar-refractivity contribution in [1.29, 1.82) is 0 Å². The number of esters is 1. The quantitative estimate of drug-likeness (QED) is 0.0973. The van der Waals surface area contributed by atoms with Crippen LogP contribution in [0.15, 0.2) is 30.3 Å². The van der Waals surface area contributed by atoms with Gasteiger partial charge in [-0.3, -0.25) is 18.7 Å². The zero-order chi connectivity index (χ0) is 28.4. The number of carboxylic acids is 1. The van der Waals surface area contributed by atoms with Gasteiger partial charge in [-0.2, -0.15) is 0 Å². The zero-order valence-electron chi connectivity index (χ0n) is 24.8. The molecule has 40 heavy (non-hydrogen) atoms. The van der Waals surface area contributed by atoms with Gasteiger partial charge in [-0.25, -0.2) is 4.79 Å². The van der Waals surface area contributed by atoms with Crippen molar-refractivity contribution in [2.45, 2.75) is 97.3 Å². The molecule has 1 saturated heterocycles. The molecule has 3 rings (SSSR count). The molecule has 1 heterocycles. The van der Waals surface area contributed by atoms with Gasteiger partial charge in [0.15, 0.2) is 0 Å². The molecule has 1 aromatic rings. The standard InChI is InChI=1S/C30H46NO7P.Na/c1-4-28(33)37-30(22(2)3)38-39(36,18-12-11-15-23-13-7-5-8-14-23)21-27(32)31-20-25(19-26(31)29(34)35)24-16-9-6-10-17-24;/h5,7-8,13-14,22,24-26,30H,4,6,9-12,15-21H2,1-3H3,(H,34,35);/t25-,26+,30?,39?;/m1./s1. The third-order valence-electron chi connectivity index (χ3n) is 8.07. The number of nitrogens with zero attached hydrogens (tertiary/aromatic N) is 1. The van der Waals surface area contributed by atoms with Crippen LogP contribution in [0.5, 0.6) is 0 Å². The second-order valence-electron chi connectivity index (χ2n) is 11.5. The molecule has 2 unspecified atom stereocenters. The molecule has 1 aliphatic carbocycles. The fourth-order valence-electron chi connectivity index (χ4n) is 5.80. The van der Waals surface area contributed by atoms with Crippen LogP contribution in [0, 0.1) is 17.8 Å². The van der Waals surface area contributed by atoms with Crippen molar-refractivity contribution in [3.05, 3.63) is 35.9 Å². The smallest absolute Gasteiger partial charge is 0.326 e. The third kappa shape index (κ3) is 10.6. The number of ether oxygens (including phenoxy) is 1. The van der Waals surface area contributed by atoms with E-state index in [0.29, 0.717) is 25.3 Å². The monoisotopic (exact) mass is 586 g/mol. The van der Waals surface area contributed by atoms with Crippen LogP contribution in [-0.2, 0) is 34.6 Å². The second kappa shape index (κ2) is 17.1. The Bertz CT molecular complexity index is 999. The summed E-state index contributed by atoms with van der Waals surface area (Å²) in [5.41, 5.74) is 1.18. The van der Waals surface area contributed by atoms with Crippen molar-refractivity contribution in [3.8, 4) is 0 Å². The molecule has 219 valence electrons. The summed E-state index contributed by atoms with van der Waals surface area (Å²) in [5, 5.41) is 9.92. The number of rotatable bonds is 14. The molecular weight excluding hydrogens is 540 g/mol. The number of unbranched alkanes of at least 4 members (excludes halogenated alkanes) is 1. The maximum atomic E-state index is 14.2. The van der Waals surface area contributed by atoms with Gasteiger partial charge in [-0.1, -0.05) is 83.2 Å². The Morgan fingerprint density at radius 2 is 1.73 bits per heavy atom. The van der Waals surface area contributed by atoms with Crippen LogP contribution >= 0.6 is 7.37 Å². The van der Waals surface area contributed by atoms with Gasteiger partial charge < -0.3 is 14.7 Å². The van der Waals surface area contributed by atoms with Gasteiger partial charge in [0.05, 0.1) is 0 Å². The van der Waals surface area contributed by atoms with Crippen molar-refractivity contribution in [2.75, 3.05) is 18.9 Å². The Morgan fingerprint density at radius 1 is 1.05 bits per heavy atom. The van der Waals surface area contributed by atoms with Gasteiger partial charge in [-0.05, 0) is 43.1 Å². The molecule has 1 aromatic carbocycles. The summed E-state index contributed by atoms with van der Waals surface area (Å²) >= 11 is 0. The SMILES string of the molecule is CCC(=O)OC(OP(=O)(CCCCc1ccccc1)CC(=O)N1C[C@H](C2CCCCC2)C[C@H]1C(=O)O)C(C)C.[Na]. The van der Waals surface area contributed by atoms with Crippen molar-refractivity contribution in [2.24, 2.45) is 17.8 Å². The van der Waals surface area contributed by atoms with Crippen LogP contribution < -0.4 is 0 Å². The van der Waals surface area contributed by atoms with Crippen LogP contribution in [0.4, 0.5) is 0 Å². The Balaban J connectivity index is 0.00000560. The number of hydrogen-bond acceptors (Lipinski definition) is 6. The number of likely N-dealkylation sites (tertiary alicyclic amines) is 1. The van der Waals surface area contributed by atoms with Gasteiger partial charge in [0, 0.05) is 54.6 Å². The number of amides is 1. The average Bonchev–Trinajstić information content (AvgIpc) is 3.38. The van der Waals surface area contributed by atoms with Crippen molar-refractivity contribution < 1.29 is 33.3 Å². The molecule has 1 radical (unpaired) electrons. The van der Waals surface area contributed by atoms with Gasteiger partial charge >= 0.3 is 11.9 Å². The van der Waals surface area contributed by atoms with E-state index in [4.69, 9.17) is 9.26 Å². The van der Waals surface area contributed by atoms with Crippen LogP contribution in [0.3, 0.4) is 0 Å². The molecule has 2 aliphatic rings. The zero-order valence-corrected chi connectivity index (χ0v) is 27.7. The molecule has 0 spiro atoms. The molecular formula is C30H46NNaO7P. The maximum Gasteiger partial charge on any atom is 0.326 e. The maximum absolute atomic E-state index is 14.2. The van der Waals surface area contributed by atoms with E-state index >= 15 is 0 Å². The average molecular weight is 587 g/mol. The minimum Gasteiger partial charge on any atom is -0.480 e. The molecule has 1 amide bonds. The van der Waals surface area contributed by atoms with Crippen LogP contribution in [0.25, 0.3) is 0 Å². The van der Waals surface area contributed by atoms with Gasteiger partial charge in [0.2, 0.25) is 19.6 Å². The van der Waals surface area contributed by atoms with E-state index < -0.39 is 37.5 Å². The topological polar surface area (TPSA) is 110 Å². The largest absolute Gasteiger partial charge is 0.480 e. The van der Waals surface area contributed by atoms with E-state index in [9.17, 15) is 24.1 Å². The molecule has 4 atom stereocenters. The molecule has 0 bridgehead atoms. The molecule has 1 N–H and O–H groups in total. The number of aryl methyl sites for hydroxylation is 1. The summed E-state index contributed by atoms with van der Waals surface area (Å²) in [7, 11) is -3.60. The van der Waals surface area contributed by atoms with Gasteiger partial charge in [0.25, 0.3) is 0 Å². The van der Waals surface area contributed by atoms with Gasteiger partial charge in [-0.15, -0.1) is 0 Å². The Hall–Kier alpha value is -1.18. The normalized spacial score (nSPS) is 21.9. The van der Waals surface area contributed by atoms with E-state index in [2.05, 4.69) is 0 Å². The summed E-state index contributed by atoms with van der Waals surface area (Å²) < 4.78 is 25.7. The summed E-state index contributed by atoms with van der Waals surface area (Å²) in [5.74, 6) is -1.61. The first kappa shape index (κ1) is 35.0. The van der Waals surface area contributed by atoms with E-state index in [1.165, 1.54) is 16.9 Å². The molecule has 2 fully saturated rings. The summed E-state index contributed by atoms with van der Waals surface area (Å²) in [6.07, 6.45) is 7.12. The first-order chi connectivity index (χ1) is 18.6. The van der Waals surface area contributed by atoms with Crippen LogP contribution in [0.2, 0.25) is 0 Å². The summed E-state index contributed by atoms with van der Waals surface area (Å²) in [6.45, 7) is 5.68. The Kier molecular flexibility index (Phi) is 14.9. The number of aliphatic carboxylic acids is 1. The number of hydrogen-bond donors (Lipinski definition) is 1. The minimum absolute atomic E-state index is 0. The van der Waals surface area contributed by atoms with Crippen molar-refractivity contribution >= 4 is 54.8 Å². The number of carbonyl (C=O) groups is 3. The van der Waals surface area contributed by atoms with Crippen molar-refractivity contribution in [3.63, 3.8) is 0 Å². The fraction of sp³-hybridized carbons (Fsp3) is 0.700. The van der Waals surface area contributed by atoms with E-state index in [1.807, 2.05) is 44.2 Å². The predicted octanol–water partition coefficient (Wildman–Crippen LogP) is 5.74. The number of carboxylic acid groups (broad SMARTS) is 1. The summed E-state index contributed by atoms with van der Waals surface area (Å²) in [6, 6.07) is 9.10. The fourth-order valence-corrected chi connectivity index (χ4v) is 8.10. The molecule has 8 nitrogen and oxygen atoms in total. The molecule has 10 heteroatoms. The van der Waals surface area contributed by atoms with Gasteiger partial charge in [0.1, 0.15) is 12.2 Å². The number of benzene rings is 1. The Morgan fingerprint density at radius 3 is 2.33 bits per heavy atom. The van der Waals surface area contributed by atoms with E-state index in [0.717, 1.165) is 38.5 Å². The number of carbonyl (C=O) groups excluding carboxylic acids is 2. The second-order valence-corrected chi connectivity index (χ2v) is 14.1. The van der Waals surface area contributed by atoms with E-state index in [-0.39, 0.29) is 60.1 Å². The minimum atomic E-state index is -3.60. The first-order valence-corrected chi connectivity index (χ1v) is 16.6.